The van der Waals surface area contributed by atoms with Crippen molar-refractivity contribution >= 4 is 11.7 Å². The van der Waals surface area contributed by atoms with Crippen molar-refractivity contribution in [3.63, 3.8) is 0 Å². The molecule has 1 rings (SSSR count). The maximum Gasteiger partial charge on any atom is 0.303 e. The van der Waals surface area contributed by atoms with Gasteiger partial charge in [-0.05, 0) is 20.3 Å². The van der Waals surface area contributed by atoms with Crippen LogP contribution >= 0.6 is 0 Å². The molecule has 8 heteroatoms. The molecule has 1 aromatic rings. The highest BCUT2D eigenvalue weighted by molar-refractivity contribution is 5.67. The Hall–Kier alpha value is -1.86. The number of carboxylic acids is 1. The zero-order valence-corrected chi connectivity index (χ0v) is 10.7. The first kappa shape index (κ1) is 16.2. The molecule has 2 N–H and O–H groups in total. The van der Waals surface area contributed by atoms with Crippen LogP contribution in [0, 0.1) is 29.1 Å². The van der Waals surface area contributed by atoms with Gasteiger partial charge in [-0.3, -0.25) is 4.79 Å². The topological polar surface area (TPSA) is 49.3 Å². The Balaban J connectivity index is 3.12. The van der Waals surface area contributed by atoms with Crippen molar-refractivity contribution in [3.8, 4) is 0 Å². The van der Waals surface area contributed by atoms with Crippen LogP contribution in [0.1, 0.15) is 26.7 Å². The van der Waals surface area contributed by atoms with Crippen molar-refractivity contribution in [2.45, 2.75) is 32.2 Å². The molecular formula is C12H12F5NO2. The first-order valence-electron chi connectivity index (χ1n) is 5.58. The van der Waals surface area contributed by atoms with Crippen LogP contribution in [0.25, 0.3) is 0 Å². The van der Waals surface area contributed by atoms with Gasteiger partial charge in [0.2, 0.25) is 5.82 Å². The van der Waals surface area contributed by atoms with E-state index >= 15 is 0 Å². The highest BCUT2D eigenvalue weighted by Gasteiger charge is 2.29. The largest absolute Gasteiger partial charge is 0.481 e. The fraction of sp³-hybridized carbons (Fsp3) is 0.417. The van der Waals surface area contributed by atoms with E-state index in [9.17, 15) is 26.7 Å². The molecule has 0 atom stereocenters. The molecule has 0 aliphatic heterocycles. The normalized spacial score (nSPS) is 11.6. The average Bonchev–Trinajstić information content (AvgIpc) is 2.37. The molecule has 0 bridgehead atoms. The van der Waals surface area contributed by atoms with Gasteiger partial charge in [0.05, 0.1) is 0 Å². The first-order chi connectivity index (χ1) is 9.07. The summed E-state index contributed by atoms with van der Waals surface area (Å²) in [5.41, 5.74) is -2.34. The number of halogens is 5. The van der Waals surface area contributed by atoms with Crippen LogP contribution in [0.4, 0.5) is 27.6 Å². The molecule has 3 nitrogen and oxygen atoms in total. The second-order valence-electron chi connectivity index (χ2n) is 4.85. The summed E-state index contributed by atoms with van der Waals surface area (Å²) in [6.07, 6.45) is -0.392. The highest BCUT2D eigenvalue weighted by Crippen LogP contribution is 2.30. The van der Waals surface area contributed by atoms with E-state index in [1.165, 1.54) is 13.8 Å². The maximum absolute atomic E-state index is 13.4. The molecule has 1 aromatic carbocycles. The average molecular weight is 297 g/mol. The van der Waals surface area contributed by atoms with Crippen molar-refractivity contribution in [1.82, 2.24) is 0 Å². The fourth-order valence-electron chi connectivity index (χ4n) is 1.53. The maximum atomic E-state index is 13.4. The van der Waals surface area contributed by atoms with Crippen LogP contribution in [-0.2, 0) is 4.79 Å². The third kappa shape index (κ3) is 3.37. The number of carboxylic acid groups (broad SMARTS) is 1. The van der Waals surface area contributed by atoms with E-state index in [1.54, 1.807) is 0 Å². The molecule has 0 radical (unpaired) electrons. The highest BCUT2D eigenvalue weighted by atomic mass is 19.2. The van der Waals surface area contributed by atoms with Gasteiger partial charge in [-0.1, -0.05) is 0 Å². The molecule has 0 spiro atoms. The first-order valence-corrected chi connectivity index (χ1v) is 5.58. The lowest BCUT2D eigenvalue weighted by atomic mass is 9.97. The zero-order valence-electron chi connectivity index (χ0n) is 10.7. The van der Waals surface area contributed by atoms with Crippen molar-refractivity contribution < 1.29 is 31.9 Å². The van der Waals surface area contributed by atoms with Crippen LogP contribution in [0.5, 0.6) is 0 Å². The summed E-state index contributed by atoms with van der Waals surface area (Å²) in [7, 11) is 0. The van der Waals surface area contributed by atoms with E-state index in [2.05, 4.69) is 5.32 Å². The fourth-order valence-corrected chi connectivity index (χ4v) is 1.53. The lowest BCUT2D eigenvalue weighted by Crippen LogP contribution is -2.33. The number of benzene rings is 1. The Bertz CT molecular complexity index is 516. The Morgan fingerprint density at radius 2 is 1.40 bits per heavy atom. The summed E-state index contributed by atoms with van der Waals surface area (Å²) in [6.45, 7) is 2.77. The van der Waals surface area contributed by atoms with E-state index in [1.807, 2.05) is 0 Å². The molecule has 0 unspecified atom stereocenters. The third-order valence-corrected chi connectivity index (χ3v) is 2.64. The number of carbonyl (C=O) groups is 1. The Morgan fingerprint density at radius 1 is 1.00 bits per heavy atom. The molecule has 112 valence electrons. The molecular weight excluding hydrogens is 285 g/mol. The lowest BCUT2D eigenvalue weighted by Gasteiger charge is -2.27. The van der Waals surface area contributed by atoms with E-state index in [-0.39, 0.29) is 12.8 Å². The molecule has 0 fully saturated rings. The van der Waals surface area contributed by atoms with Gasteiger partial charge in [0, 0.05) is 12.0 Å². The number of nitrogens with one attached hydrogen (secondary N) is 1. The molecule has 20 heavy (non-hydrogen) atoms. The van der Waals surface area contributed by atoms with Crippen LogP contribution in [0.15, 0.2) is 0 Å². The molecule has 0 heterocycles. The van der Waals surface area contributed by atoms with Gasteiger partial charge in [0.25, 0.3) is 0 Å². The summed E-state index contributed by atoms with van der Waals surface area (Å²) in [6, 6.07) is 0. The van der Waals surface area contributed by atoms with Crippen LogP contribution < -0.4 is 5.32 Å². The van der Waals surface area contributed by atoms with Gasteiger partial charge in [0.1, 0.15) is 5.69 Å². The third-order valence-electron chi connectivity index (χ3n) is 2.64. The molecule has 0 saturated carbocycles. The number of aliphatic carboxylic acids is 1. The van der Waals surface area contributed by atoms with E-state index in [4.69, 9.17) is 5.11 Å². The Kier molecular flexibility index (Phi) is 4.57. The summed E-state index contributed by atoms with van der Waals surface area (Å²) in [5, 5.41) is 10.7. The van der Waals surface area contributed by atoms with Gasteiger partial charge in [-0.25, -0.2) is 22.0 Å². The predicted octanol–water partition coefficient (Wildman–Crippen LogP) is 3.44. The quantitative estimate of drug-likeness (QED) is 0.497. The van der Waals surface area contributed by atoms with Crippen molar-refractivity contribution in [2.75, 3.05) is 5.32 Å². The number of anilines is 1. The monoisotopic (exact) mass is 297 g/mol. The predicted molar refractivity (Wildman–Crippen MR) is 60.8 cm³/mol. The second-order valence-corrected chi connectivity index (χ2v) is 4.85. The van der Waals surface area contributed by atoms with Gasteiger partial charge < -0.3 is 10.4 Å². The second kappa shape index (κ2) is 5.64. The minimum absolute atomic E-state index is 0.0676. The Morgan fingerprint density at radius 3 is 1.80 bits per heavy atom. The molecule has 0 saturated heterocycles. The lowest BCUT2D eigenvalue weighted by molar-refractivity contribution is -0.137. The van der Waals surface area contributed by atoms with Crippen molar-refractivity contribution in [1.29, 1.82) is 0 Å². The minimum atomic E-state index is -2.24. The summed E-state index contributed by atoms with van der Waals surface area (Å²) in [4.78, 5) is 10.4. The minimum Gasteiger partial charge on any atom is -0.481 e. The SMILES string of the molecule is CC(C)(CCC(=O)O)Nc1c(F)c(F)c(F)c(F)c1F. The molecule has 0 aromatic heterocycles. The van der Waals surface area contributed by atoms with E-state index < -0.39 is 46.3 Å². The number of rotatable bonds is 5. The van der Waals surface area contributed by atoms with Gasteiger partial charge in [0.15, 0.2) is 23.3 Å². The number of hydrogen-bond donors (Lipinski definition) is 2. The van der Waals surface area contributed by atoms with Crippen LogP contribution in [0.2, 0.25) is 0 Å². The van der Waals surface area contributed by atoms with E-state index in [0.717, 1.165) is 0 Å². The number of hydrogen-bond acceptors (Lipinski definition) is 2. The van der Waals surface area contributed by atoms with Crippen molar-refractivity contribution in [2.24, 2.45) is 0 Å². The van der Waals surface area contributed by atoms with E-state index in [0.29, 0.717) is 0 Å². The van der Waals surface area contributed by atoms with Crippen molar-refractivity contribution in [3.05, 3.63) is 29.1 Å². The molecule has 0 aliphatic carbocycles. The summed E-state index contributed by atoms with van der Waals surface area (Å²) < 4.78 is 65.7. The van der Waals surface area contributed by atoms with Gasteiger partial charge in [-0.2, -0.15) is 0 Å². The standard InChI is InChI=1S/C12H12F5NO2/c1-12(2,4-3-5(19)20)18-11-9(16)7(14)6(13)8(15)10(11)17/h18H,3-4H2,1-2H3,(H,19,20). The zero-order chi connectivity index (χ0) is 15.7. The van der Waals surface area contributed by atoms with Crippen LogP contribution in [0.3, 0.4) is 0 Å². The van der Waals surface area contributed by atoms with Gasteiger partial charge >= 0.3 is 5.97 Å². The van der Waals surface area contributed by atoms with Gasteiger partial charge in [-0.15, -0.1) is 0 Å². The smallest absolute Gasteiger partial charge is 0.303 e. The molecule has 0 amide bonds. The summed E-state index contributed by atoms with van der Waals surface area (Å²) in [5.74, 6) is -11.5. The molecule has 0 aliphatic rings. The summed E-state index contributed by atoms with van der Waals surface area (Å²) >= 11 is 0. The van der Waals surface area contributed by atoms with Crippen LogP contribution in [-0.4, -0.2) is 16.6 Å². The Labute approximate surface area is 111 Å².